The highest BCUT2D eigenvalue weighted by atomic mass is 35.5. The van der Waals surface area contributed by atoms with Crippen molar-refractivity contribution in [3.05, 3.63) is 88.3 Å². The lowest BCUT2D eigenvalue weighted by molar-refractivity contribution is 0.0932. The van der Waals surface area contributed by atoms with Crippen LogP contribution in [-0.4, -0.2) is 36.1 Å². The van der Waals surface area contributed by atoms with Gasteiger partial charge in [0, 0.05) is 31.8 Å². The summed E-state index contributed by atoms with van der Waals surface area (Å²) < 4.78 is 23.7. The molecule has 6 nitrogen and oxygen atoms in total. The number of carbonyl (C=O) groups excluding carboxylic acids is 1. The lowest BCUT2D eigenvalue weighted by Crippen LogP contribution is -2.27. The Balaban J connectivity index is 1.72. The number of rotatable bonds is 10. The fraction of sp³-hybridized carbons (Fsp3) is 0.273. The zero-order chi connectivity index (χ0) is 21.3. The fourth-order valence-corrected chi connectivity index (χ4v) is 3.12. The van der Waals surface area contributed by atoms with Crippen molar-refractivity contribution < 1.29 is 18.3 Å². The van der Waals surface area contributed by atoms with Crippen molar-refractivity contribution in [2.24, 2.45) is 0 Å². The highest BCUT2D eigenvalue weighted by molar-refractivity contribution is 6.31. The zero-order valence-corrected chi connectivity index (χ0v) is 17.4. The minimum atomic E-state index is -0.321. The predicted molar refractivity (Wildman–Crippen MR) is 112 cm³/mol. The maximum Gasteiger partial charge on any atom is 0.273 e. The maximum atomic E-state index is 13.3. The Kier molecular flexibility index (Phi) is 7.96. The van der Waals surface area contributed by atoms with E-state index in [1.807, 2.05) is 24.3 Å². The smallest absolute Gasteiger partial charge is 0.273 e. The summed E-state index contributed by atoms with van der Waals surface area (Å²) in [5.74, 6) is -0.201. The Labute approximate surface area is 179 Å². The third-order valence-electron chi connectivity index (χ3n) is 4.41. The Bertz CT molecular complexity index is 962. The Morgan fingerprint density at radius 3 is 2.67 bits per heavy atom. The van der Waals surface area contributed by atoms with Gasteiger partial charge in [-0.2, -0.15) is 0 Å². The second-order valence-corrected chi connectivity index (χ2v) is 7.15. The zero-order valence-electron chi connectivity index (χ0n) is 16.6. The first-order valence-electron chi connectivity index (χ1n) is 9.47. The first-order valence-corrected chi connectivity index (χ1v) is 9.84. The van der Waals surface area contributed by atoms with Crippen molar-refractivity contribution in [3.63, 3.8) is 0 Å². The molecule has 1 heterocycles. The van der Waals surface area contributed by atoms with E-state index < -0.39 is 0 Å². The number of methoxy groups -OCH3 is 1. The lowest BCUT2D eigenvalue weighted by Gasteiger charge is -2.21. The van der Waals surface area contributed by atoms with Crippen molar-refractivity contribution in [2.75, 3.05) is 20.3 Å². The van der Waals surface area contributed by atoms with Crippen molar-refractivity contribution >= 4 is 17.5 Å². The fourth-order valence-electron chi connectivity index (χ4n) is 2.92. The van der Waals surface area contributed by atoms with Crippen molar-refractivity contribution in [3.8, 4) is 0 Å². The van der Waals surface area contributed by atoms with Gasteiger partial charge in [-0.25, -0.2) is 9.37 Å². The SMILES string of the molecule is COCCNC(=O)c1coc(CN(Cc2ccc(F)cc2)Cc2ccccc2Cl)n1. The number of hydrogen-bond donors (Lipinski definition) is 1. The number of nitrogens with zero attached hydrogens (tertiary/aromatic N) is 2. The normalized spacial score (nSPS) is 11.1. The Morgan fingerprint density at radius 2 is 1.93 bits per heavy atom. The molecule has 0 aliphatic rings. The highest BCUT2D eigenvalue weighted by Gasteiger charge is 2.16. The van der Waals surface area contributed by atoms with Crippen LogP contribution in [0.3, 0.4) is 0 Å². The molecule has 0 spiro atoms. The minimum Gasteiger partial charge on any atom is -0.447 e. The molecule has 0 aliphatic carbocycles. The molecule has 3 rings (SSSR count). The average molecular weight is 432 g/mol. The molecule has 0 bridgehead atoms. The van der Waals surface area contributed by atoms with E-state index in [-0.39, 0.29) is 17.4 Å². The van der Waals surface area contributed by atoms with Gasteiger partial charge >= 0.3 is 0 Å². The summed E-state index contributed by atoms with van der Waals surface area (Å²) in [6, 6.07) is 13.9. The molecule has 0 saturated carbocycles. The molecule has 8 heteroatoms. The van der Waals surface area contributed by atoms with Crippen LogP contribution in [0.5, 0.6) is 0 Å². The van der Waals surface area contributed by atoms with Crippen LogP contribution in [0.15, 0.2) is 59.2 Å². The monoisotopic (exact) mass is 431 g/mol. The molecule has 1 N–H and O–H groups in total. The largest absolute Gasteiger partial charge is 0.447 e. The van der Waals surface area contributed by atoms with Gasteiger partial charge in [0.25, 0.3) is 5.91 Å². The predicted octanol–water partition coefficient (Wildman–Crippen LogP) is 4.05. The van der Waals surface area contributed by atoms with E-state index in [4.69, 9.17) is 20.8 Å². The lowest BCUT2D eigenvalue weighted by atomic mass is 10.1. The van der Waals surface area contributed by atoms with Crippen LogP contribution in [0.25, 0.3) is 0 Å². The second kappa shape index (κ2) is 10.9. The van der Waals surface area contributed by atoms with Gasteiger partial charge in [-0.3, -0.25) is 9.69 Å². The maximum absolute atomic E-state index is 13.3. The summed E-state index contributed by atoms with van der Waals surface area (Å²) >= 11 is 6.32. The molecule has 1 aromatic heterocycles. The number of ether oxygens (including phenoxy) is 1. The molecule has 0 radical (unpaired) electrons. The second-order valence-electron chi connectivity index (χ2n) is 6.74. The molecule has 1 amide bonds. The third kappa shape index (κ3) is 6.38. The van der Waals surface area contributed by atoms with Crippen LogP contribution in [-0.2, 0) is 24.4 Å². The summed E-state index contributed by atoms with van der Waals surface area (Å²) in [4.78, 5) is 18.5. The Morgan fingerprint density at radius 1 is 1.17 bits per heavy atom. The first kappa shape index (κ1) is 22.0. The van der Waals surface area contributed by atoms with Gasteiger partial charge < -0.3 is 14.5 Å². The van der Waals surface area contributed by atoms with Crippen molar-refractivity contribution in [1.82, 2.24) is 15.2 Å². The van der Waals surface area contributed by atoms with Crippen LogP contribution in [0.4, 0.5) is 4.39 Å². The molecule has 2 aromatic carbocycles. The summed E-state index contributed by atoms with van der Waals surface area (Å²) in [6.45, 7) is 2.23. The Hall–Kier alpha value is -2.74. The molecule has 0 aliphatic heterocycles. The van der Waals surface area contributed by atoms with Gasteiger partial charge in [-0.1, -0.05) is 41.9 Å². The summed E-state index contributed by atoms with van der Waals surface area (Å²) in [5.41, 5.74) is 2.10. The summed E-state index contributed by atoms with van der Waals surface area (Å²) in [7, 11) is 1.56. The molecule has 0 fully saturated rings. The van der Waals surface area contributed by atoms with E-state index in [9.17, 15) is 9.18 Å². The highest BCUT2D eigenvalue weighted by Crippen LogP contribution is 2.20. The molecular formula is C22H23ClFN3O3. The van der Waals surface area contributed by atoms with Crippen LogP contribution < -0.4 is 5.32 Å². The van der Waals surface area contributed by atoms with E-state index in [0.29, 0.717) is 43.7 Å². The molecular weight excluding hydrogens is 409 g/mol. The quantitative estimate of drug-likeness (QED) is 0.490. The van der Waals surface area contributed by atoms with Crippen LogP contribution in [0.2, 0.25) is 5.02 Å². The molecule has 158 valence electrons. The number of carbonyl (C=O) groups is 1. The van der Waals surface area contributed by atoms with Gasteiger partial charge in [-0.05, 0) is 29.3 Å². The number of oxazole rings is 1. The molecule has 0 unspecified atom stereocenters. The van der Waals surface area contributed by atoms with Crippen LogP contribution in [0, 0.1) is 5.82 Å². The van der Waals surface area contributed by atoms with Gasteiger partial charge in [0.1, 0.15) is 12.1 Å². The van der Waals surface area contributed by atoms with Gasteiger partial charge in [0.15, 0.2) is 5.69 Å². The van der Waals surface area contributed by atoms with Crippen molar-refractivity contribution in [1.29, 1.82) is 0 Å². The number of benzene rings is 2. The minimum absolute atomic E-state index is 0.209. The number of hydrogen-bond acceptors (Lipinski definition) is 5. The van der Waals surface area contributed by atoms with E-state index >= 15 is 0 Å². The molecule has 30 heavy (non-hydrogen) atoms. The van der Waals surface area contributed by atoms with Crippen LogP contribution >= 0.6 is 11.6 Å². The molecule has 0 saturated heterocycles. The van der Waals surface area contributed by atoms with Crippen molar-refractivity contribution in [2.45, 2.75) is 19.6 Å². The number of amides is 1. The number of halogens is 2. The molecule has 0 atom stereocenters. The van der Waals surface area contributed by atoms with Crippen LogP contribution in [0.1, 0.15) is 27.5 Å². The van der Waals surface area contributed by atoms with Gasteiger partial charge in [0.2, 0.25) is 5.89 Å². The van der Waals surface area contributed by atoms with Gasteiger partial charge in [0.05, 0.1) is 13.2 Å². The van der Waals surface area contributed by atoms with Gasteiger partial charge in [-0.15, -0.1) is 0 Å². The van der Waals surface area contributed by atoms with E-state index in [1.165, 1.54) is 18.4 Å². The number of nitrogens with one attached hydrogen (secondary N) is 1. The van der Waals surface area contributed by atoms with E-state index in [1.54, 1.807) is 19.2 Å². The summed E-state index contributed by atoms with van der Waals surface area (Å²) in [5, 5.41) is 3.37. The number of aromatic nitrogens is 1. The topological polar surface area (TPSA) is 67.6 Å². The summed E-state index contributed by atoms with van der Waals surface area (Å²) in [6.07, 6.45) is 1.34. The molecule has 3 aromatic rings. The van der Waals surface area contributed by atoms with E-state index in [0.717, 1.165) is 11.1 Å². The average Bonchev–Trinajstić information content (AvgIpc) is 3.20. The first-order chi connectivity index (χ1) is 14.5. The van der Waals surface area contributed by atoms with E-state index in [2.05, 4.69) is 15.2 Å². The third-order valence-corrected chi connectivity index (χ3v) is 4.77. The standard InChI is InChI=1S/C22H23ClFN3O3/c1-29-11-10-25-22(28)20-15-30-21(26-20)14-27(12-16-6-8-18(24)9-7-16)13-17-4-2-3-5-19(17)23/h2-9,15H,10-14H2,1H3,(H,25,28).